The van der Waals surface area contributed by atoms with Crippen LogP contribution in [-0.2, 0) is 6.54 Å². The van der Waals surface area contributed by atoms with E-state index in [2.05, 4.69) is 57.6 Å². The number of piperazine rings is 1. The highest BCUT2D eigenvalue weighted by molar-refractivity contribution is 7.80. The molecule has 144 valence electrons. The highest BCUT2D eigenvalue weighted by atomic mass is 35.5. The standard InChI is InChI=1S/C22H21Cl2N3S/c23-18-8-9-21(20(24)14-18)25-22(28)27-12-10-26(11-13-27)15-17-6-3-5-16-4-1-2-7-19(16)17/h1-9,14H,10-13,15H2,(H,25,28). The molecule has 0 bridgehead atoms. The van der Waals surface area contributed by atoms with Gasteiger partial charge >= 0.3 is 0 Å². The largest absolute Gasteiger partial charge is 0.346 e. The Hall–Kier alpha value is -1.85. The van der Waals surface area contributed by atoms with Crippen molar-refractivity contribution in [3.05, 3.63) is 76.3 Å². The number of anilines is 1. The lowest BCUT2D eigenvalue weighted by Gasteiger charge is -2.36. The summed E-state index contributed by atoms with van der Waals surface area (Å²) >= 11 is 17.8. The van der Waals surface area contributed by atoms with Crippen molar-refractivity contribution >= 4 is 57.0 Å². The second-order valence-corrected chi connectivity index (χ2v) is 8.19. The highest BCUT2D eigenvalue weighted by Crippen LogP contribution is 2.26. The van der Waals surface area contributed by atoms with Gasteiger partial charge in [0.15, 0.2) is 5.11 Å². The van der Waals surface area contributed by atoms with Crippen LogP contribution in [0.3, 0.4) is 0 Å². The number of thiocarbonyl (C=S) groups is 1. The zero-order chi connectivity index (χ0) is 19.5. The summed E-state index contributed by atoms with van der Waals surface area (Å²) < 4.78 is 0. The summed E-state index contributed by atoms with van der Waals surface area (Å²) in [6.07, 6.45) is 0. The van der Waals surface area contributed by atoms with Crippen LogP contribution in [0.25, 0.3) is 10.8 Å². The Bertz CT molecular complexity index is 995. The molecule has 28 heavy (non-hydrogen) atoms. The van der Waals surface area contributed by atoms with Gasteiger partial charge in [-0.25, -0.2) is 0 Å². The third kappa shape index (κ3) is 4.41. The number of hydrogen-bond acceptors (Lipinski definition) is 2. The number of fused-ring (bicyclic) bond motifs is 1. The molecular formula is C22H21Cl2N3S. The van der Waals surface area contributed by atoms with E-state index in [-0.39, 0.29) is 0 Å². The molecule has 0 unspecified atom stereocenters. The van der Waals surface area contributed by atoms with E-state index in [0.29, 0.717) is 15.2 Å². The van der Waals surface area contributed by atoms with E-state index in [1.54, 1.807) is 12.1 Å². The van der Waals surface area contributed by atoms with Crippen molar-refractivity contribution in [1.29, 1.82) is 0 Å². The Balaban J connectivity index is 1.36. The van der Waals surface area contributed by atoms with Gasteiger partial charge in [0.1, 0.15) is 0 Å². The lowest BCUT2D eigenvalue weighted by molar-refractivity contribution is 0.177. The van der Waals surface area contributed by atoms with Gasteiger partial charge in [0.25, 0.3) is 0 Å². The van der Waals surface area contributed by atoms with Crippen molar-refractivity contribution < 1.29 is 0 Å². The molecular weight excluding hydrogens is 409 g/mol. The van der Waals surface area contributed by atoms with Crippen LogP contribution < -0.4 is 5.32 Å². The Morgan fingerprint density at radius 1 is 0.929 bits per heavy atom. The van der Waals surface area contributed by atoms with Crippen molar-refractivity contribution in [2.45, 2.75) is 6.54 Å². The zero-order valence-electron chi connectivity index (χ0n) is 15.4. The molecule has 1 aliphatic rings. The van der Waals surface area contributed by atoms with Gasteiger partial charge < -0.3 is 10.2 Å². The maximum Gasteiger partial charge on any atom is 0.173 e. The van der Waals surface area contributed by atoms with E-state index in [4.69, 9.17) is 35.4 Å². The summed E-state index contributed by atoms with van der Waals surface area (Å²) in [6, 6.07) is 20.5. The van der Waals surface area contributed by atoms with E-state index in [1.165, 1.54) is 16.3 Å². The molecule has 0 saturated carbocycles. The second-order valence-electron chi connectivity index (χ2n) is 6.96. The summed E-state index contributed by atoms with van der Waals surface area (Å²) in [7, 11) is 0. The van der Waals surface area contributed by atoms with E-state index >= 15 is 0 Å². The number of benzene rings is 3. The SMILES string of the molecule is S=C(Nc1ccc(Cl)cc1Cl)N1CCN(Cc2cccc3ccccc23)CC1. The Labute approximate surface area is 180 Å². The van der Waals surface area contributed by atoms with Gasteiger partial charge in [0, 0.05) is 37.7 Å². The summed E-state index contributed by atoms with van der Waals surface area (Å²) in [6.45, 7) is 4.68. The van der Waals surface area contributed by atoms with Gasteiger partial charge in [-0.2, -0.15) is 0 Å². The van der Waals surface area contributed by atoms with Crippen LogP contribution in [-0.4, -0.2) is 41.1 Å². The number of hydrogen-bond donors (Lipinski definition) is 1. The highest BCUT2D eigenvalue weighted by Gasteiger charge is 2.20. The molecule has 1 heterocycles. The fourth-order valence-corrected chi connectivity index (χ4v) is 4.31. The predicted octanol–water partition coefficient (Wildman–Crippen LogP) is 5.66. The molecule has 1 fully saturated rings. The minimum atomic E-state index is 0.574. The van der Waals surface area contributed by atoms with E-state index < -0.39 is 0 Å². The molecule has 0 amide bonds. The van der Waals surface area contributed by atoms with Crippen LogP contribution in [0.1, 0.15) is 5.56 Å². The van der Waals surface area contributed by atoms with Crippen molar-refractivity contribution in [1.82, 2.24) is 9.80 Å². The summed E-state index contributed by atoms with van der Waals surface area (Å²) in [5.41, 5.74) is 2.16. The maximum absolute atomic E-state index is 6.24. The molecule has 4 rings (SSSR count). The van der Waals surface area contributed by atoms with Gasteiger partial charge in [0.2, 0.25) is 0 Å². The van der Waals surface area contributed by atoms with Crippen LogP contribution in [0.4, 0.5) is 5.69 Å². The third-order valence-corrected chi connectivity index (χ3v) is 6.01. The zero-order valence-corrected chi connectivity index (χ0v) is 17.7. The molecule has 0 aromatic heterocycles. The first kappa shape index (κ1) is 19.5. The van der Waals surface area contributed by atoms with Crippen molar-refractivity contribution in [2.75, 3.05) is 31.5 Å². The first-order valence-corrected chi connectivity index (χ1v) is 10.5. The van der Waals surface area contributed by atoms with Crippen LogP contribution in [0.5, 0.6) is 0 Å². The molecule has 6 heteroatoms. The fourth-order valence-electron chi connectivity index (χ4n) is 3.57. The molecule has 1 saturated heterocycles. The minimum Gasteiger partial charge on any atom is -0.346 e. The molecule has 3 nitrogen and oxygen atoms in total. The van der Waals surface area contributed by atoms with Gasteiger partial charge in [-0.15, -0.1) is 0 Å². The smallest absolute Gasteiger partial charge is 0.173 e. The van der Waals surface area contributed by atoms with Crippen molar-refractivity contribution in [3.63, 3.8) is 0 Å². The lowest BCUT2D eigenvalue weighted by Crippen LogP contribution is -2.49. The third-order valence-electron chi connectivity index (χ3n) is 5.11. The van der Waals surface area contributed by atoms with Crippen LogP contribution in [0.2, 0.25) is 10.0 Å². The Morgan fingerprint density at radius 2 is 1.68 bits per heavy atom. The monoisotopic (exact) mass is 429 g/mol. The Kier molecular flexibility index (Phi) is 6.02. The number of nitrogens with zero attached hydrogens (tertiary/aromatic N) is 2. The van der Waals surface area contributed by atoms with Crippen molar-refractivity contribution in [3.8, 4) is 0 Å². The molecule has 1 aliphatic heterocycles. The summed E-state index contributed by atoms with van der Waals surface area (Å²) in [4.78, 5) is 4.68. The van der Waals surface area contributed by atoms with Gasteiger partial charge in [0.05, 0.1) is 10.7 Å². The molecule has 3 aromatic carbocycles. The van der Waals surface area contributed by atoms with Crippen molar-refractivity contribution in [2.24, 2.45) is 0 Å². The number of nitrogens with one attached hydrogen (secondary N) is 1. The number of halogens is 2. The quantitative estimate of drug-likeness (QED) is 0.540. The minimum absolute atomic E-state index is 0.574. The maximum atomic E-state index is 6.24. The van der Waals surface area contributed by atoms with Crippen LogP contribution in [0, 0.1) is 0 Å². The predicted molar refractivity (Wildman–Crippen MR) is 123 cm³/mol. The Morgan fingerprint density at radius 3 is 2.46 bits per heavy atom. The summed E-state index contributed by atoms with van der Waals surface area (Å²) in [5.74, 6) is 0. The first-order chi connectivity index (χ1) is 13.6. The topological polar surface area (TPSA) is 18.5 Å². The second kappa shape index (κ2) is 8.66. The van der Waals surface area contributed by atoms with Crippen LogP contribution in [0.15, 0.2) is 60.7 Å². The van der Waals surface area contributed by atoms with Gasteiger partial charge in [-0.3, -0.25) is 4.90 Å². The normalized spacial score (nSPS) is 15.0. The van der Waals surface area contributed by atoms with E-state index in [1.807, 2.05) is 6.07 Å². The van der Waals surface area contributed by atoms with E-state index in [0.717, 1.165) is 38.4 Å². The van der Waals surface area contributed by atoms with E-state index in [9.17, 15) is 0 Å². The molecule has 0 atom stereocenters. The first-order valence-electron chi connectivity index (χ1n) is 9.30. The average molecular weight is 430 g/mol. The number of rotatable bonds is 3. The molecule has 0 radical (unpaired) electrons. The molecule has 3 aromatic rings. The van der Waals surface area contributed by atoms with Gasteiger partial charge in [-0.1, -0.05) is 65.7 Å². The fraction of sp³-hybridized carbons (Fsp3) is 0.227. The van der Waals surface area contributed by atoms with Gasteiger partial charge in [-0.05, 0) is 46.8 Å². The average Bonchev–Trinajstić information content (AvgIpc) is 2.71. The van der Waals surface area contributed by atoms with Crippen LogP contribution >= 0.6 is 35.4 Å². The molecule has 1 N–H and O–H groups in total. The molecule has 0 spiro atoms. The molecule has 0 aliphatic carbocycles. The summed E-state index contributed by atoms with van der Waals surface area (Å²) in [5, 5.41) is 7.77. The lowest BCUT2D eigenvalue weighted by atomic mass is 10.0.